The van der Waals surface area contributed by atoms with Crippen LogP contribution in [0.25, 0.3) is 0 Å². The Morgan fingerprint density at radius 1 is 1.60 bits per heavy atom. The number of amides is 1. The molecule has 0 aliphatic heterocycles. The summed E-state index contributed by atoms with van der Waals surface area (Å²) in [4.78, 5) is 17.4. The number of aryl methyl sites for hydroxylation is 1. The van der Waals surface area contributed by atoms with Crippen LogP contribution in [0.1, 0.15) is 18.3 Å². The summed E-state index contributed by atoms with van der Waals surface area (Å²) >= 11 is 0. The molecule has 1 amide bonds. The van der Waals surface area contributed by atoms with Crippen LogP contribution in [-0.2, 0) is 11.3 Å². The molecule has 1 aromatic heterocycles. The van der Waals surface area contributed by atoms with Crippen molar-refractivity contribution in [2.24, 2.45) is 5.73 Å². The van der Waals surface area contributed by atoms with Crippen molar-refractivity contribution in [2.45, 2.75) is 26.4 Å². The molecule has 4 nitrogen and oxygen atoms in total. The van der Waals surface area contributed by atoms with Crippen LogP contribution in [0.4, 0.5) is 0 Å². The van der Waals surface area contributed by atoms with Crippen molar-refractivity contribution in [3.05, 3.63) is 29.6 Å². The molecule has 2 N–H and O–H groups in total. The minimum absolute atomic E-state index is 0.0710. The van der Waals surface area contributed by atoms with E-state index in [0.29, 0.717) is 6.54 Å². The Morgan fingerprint density at radius 2 is 2.27 bits per heavy atom. The van der Waals surface area contributed by atoms with Gasteiger partial charge in [-0.15, -0.1) is 0 Å². The van der Waals surface area contributed by atoms with Crippen LogP contribution in [0, 0.1) is 6.92 Å². The van der Waals surface area contributed by atoms with Gasteiger partial charge in [-0.1, -0.05) is 6.07 Å². The third-order valence-corrected chi connectivity index (χ3v) is 2.11. The number of hydrogen-bond donors (Lipinski definition) is 1. The topological polar surface area (TPSA) is 59.2 Å². The molecule has 0 aliphatic carbocycles. The van der Waals surface area contributed by atoms with Crippen LogP contribution in [0.3, 0.4) is 0 Å². The van der Waals surface area contributed by atoms with Gasteiger partial charge in [0.1, 0.15) is 0 Å². The molecular formula is C11H17N3O. The van der Waals surface area contributed by atoms with Crippen LogP contribution in [0.15, 0.2) is 18.2 Å². The number of carbonyl (C=O) groups excluding carboxylic acids is 1. The molecule has 0 spiro atoms. The number of pyridine rings is 1. The lowest BCUT2D eigenvalue weighted by Gasteiger charge is -2.18. The molecule has 0 radical (unpaired) electrons. The van der Waals surface area contributed by atoms with Gasteiger partial charge in [-0.2, -0.15) is 0 Å². The summed E-state index contributed by atoms with van der Waals surface area (Å²) in [6.07, 6.45) is 0. The number of rotatable bonds is 3. The maximum absolute atomic E-state index is 11.5. The molecule has 0 unspecified atom stereocenters. The van der Waals surface area contributed by atoms with Gasteiger partial charge in [0.05, 0.1) is 18.3 Å². The molecule has 0 saturated carbocycles. The van der Waals surface area contributed by atoms with Crippen LogP contribution in [0.2, 0.25) is 0 Å². The smallest absolute Gasteiger partial charge is 0.239 e. The fourth-order valence-electron chi connectivity index (χ4n) is 1.36. The zero-order chi connectivity index (χ0) is 11.4. The first-order valence-corrected chi connectivity index (χ1v) is 4.94. The summed E-state index contributed by atoms with van der Waals surface area (Å²) in [7, 11) is 1.73. The number of nitrogens with two attached hydrogens (primary N) is 1. The van der Waals surface area contributed by atoms with E-state index in [2.05, 4.69) is 4.98 Å². The Morgan fingerprint density at radius 3 is 2.80 bits per heavy atom. The second-order valence-electron chi connectivity index (χ2n) is 3.75. The number of nitrogens with zero attached hydrogens (tertiary/aromatic N) is 2. The summed E-state index contributed by atoms with van der Waals surface area (Å²) in [6, 6.07) is 5.30. The van der Waals surface area contributed by atoms with E-state index in [-0.39, 0.29) is 5.91 Å². The Hall–Kier alpha value is -1.42. The SMILES string of the molecule is Cc1cccc(CN(C)C(=O)[C@@H](C)N)n1. The number of likely N-dealkylation sites (N-methyl/N-ethyl adjacent to an activating group) is 1. The maximum atomic E-state index is 11.5. The third kappa shape index (κ3) is 3.32. The van der Waals surface area contributed by atoms with E-state index in [1.54, 1.807) is 18.9 Å². The highest BCUT2D eigenvalue weighted by Gasteiger charge is 2.13. The zero-order valence-corrected chi connectivity index (χ0v) is 9.40. The molecule has 0 bridgehead atoms. The van der Waals surface area contributed by atoms with Crippen molar-refractivity contribution >= 4 is 5.91 Å². The molecule has 1 rings (SSSR count). The van der Waals surface area contributed by atoms with E-state index in [0.717, 1.165) is 11.4 Å². The summed E-state index contributed by atoms with van der Waals surface area (Å²) in [5, 5.41) is 0. The van der Waals surface area contributed by atoms with Crippen molar-refractivity contribution in [1.82, 2.24) is 9.88 Å². The lowest BCUT2D eigenvalue weighted by molar-refractivity contribution is -0.131. The number of hydrogen-bond acceptors (Lipinski definition) is 3. The van der Waals surface area contributed by atoms with Crippen LogP contribution in [0.5, 0.6) is 0 Å². The Labute approximate surface area is 90.1 Å². The second-order valence-corrected chi connectivity index (χ2v) is 3.75. The minimum atomic E-state index is -0.459. The van der Waals surface area contributed by atoms with E-state index in [9.17, 15) is 4.79 Å². The first-order chi connectivity index (χ1) is 7.00. The predicted octanol–water partition coefficient (Wildman–Crippen LogP) is 0.696. The average Bonchev–Trinajstić information content (AvgIpc) is 2.16. The monoisotopic (exact) mass is 207 g/mol. The van der Waals surface area contributed by atoms with Gasteiger partial charge in [-0.3, -0.25) is 9.78 Å². The van der Waals surface area contributed by atoms with Crippen molar-refractivity contribution in [3.8, 4) is 0 Å². The molecule has 0 aliphatic rings. The van der Waals surface area contributed by atoms with Crippen LogP contribution < -0.4 is 5.73 Å². The molecule has 1 atom stereocenters. The van der Waals surface area contributed by atoms with Gasteiger partial charge < -0.3 is 10.6 Å². The van der Waals surface area contributed by atoms with E-state index in [1.807, 2.05) is 25.1 Å². The Kier molecular flexibility index (Phi) is 3.80. The molecule has 0 saturated heterocycles. The van der Waals surface area contributed by atoms with Crippen LogP contribution in [-0.4, -0.2) is 28.9 Å². The second kappa shape index (κ2) is 4.89. The Balaban J connectivity index is 2.66. The third-order valence-electron chi connectivity index (χ3n) is 2.11. The molecule has 82 valence electrons. The van der Waals surface area contributed by atoms with Crippen molar-refractivity contribution < 1.29 is 4.79 Å². The Bertz CT molecular complexity index is 349. The number of aromatic nitrogens is 1. The maximum Gasteiger partial charge on any atom is 0.239 e. The standard InChI is InChI=1S/C11H17N3O/c1-8-5-4-6-10(13-8)7-14(3)11(15)9(2)12/h4-6,9H,7,12H2,1-3H3/t9-/m1/s1. The lowest BCUT2D eigenvalue weighted by atomic mass is 10.2. The van der Waals surface area contributed by atoms with Crippen molar-refractivity contribution in [3.63, 3.8) is 0 Å². The van der Waals surface area contributed by atoms with Crippen LogP contribution >= 0.6 is 0 Å². The lowest BCUT2D eigenvalue weighted by Crippen LogP contribution is -2.39. The van der Waals surface area contributed by atoms with Gasteiger partial charge in [-0.05, 0) is 26.0 Å². The van der Waals surface area contributed by atoms with E-state index >= 15 is 0 Å². The molecule has 4 heteroatoms. The van der Waals surface area contributed by atoms with E-state index in [1.165, 1.54) is 0 Å². The first-order valence-electron chi connectivity index (χ1n) is 4.94. The molecular weight excluding hydrogens is 190 g/mol. The van der Waals surface area contributed by atoms with Gasteiger partial charge in [0.2, 0.25) is 5.91 Å². The normalized spacial score (nSPS) is 12.3. The van der Waals surface area contributed by atoms with Gasteiger partial charge in [0, 0.05) is 12.7 Å². The minimum Gasteiger partial charge on any atom is -0.339 e. The summed E-state index contributed by atoms with van der Waals surface area (Å²) in [5.74, 6) is -0.0710. The highest BCUT2D eigenvalue weighted by atomic mass is 16.2. The largest absolute Gasteiger partial charge is 0.339 e. The molecule has 0 fully saturated rings. The average molecular weight is 207 g/mol. The van der Waals surface area contributed by atoms with Gasteiger partial charge in [-0.25, -0.2) is 0 Å². The van der Waals surface area contributed by atoms with Gasteiger partial charge >= 0.3 is 0 Å². The van der Waals surface area contributed by atoms with Crippen molar-refractivity contribution in [2.75, 3.05) is 7.05 Å². The zero-order valence-electron chi connectivity index (χ0n) is 9.40. The fourth-order valence-corrected chi connectivity index (χ4v) is 1.36. The van der Waals surface area contributed by atoms with Crippen molar-refractivity contribution in [1.29, 1.82) is 0 Å². The number of carbonyl (C=O) groups is 1. The van der Waals surface area contributed by atoms with Gasteiger partial charge in [0.15, 0.2) is 0 Å². The summed E-state index contributed by atoms with van der Waals surface area (Å²) in [5.41, 5.74) is 7.34. The molecule has 1 aromatic rings. The molecule has 15 heavy (non-hydrogen) atoms. The summed E-state index contributed by atoms with van der Waals surface area (Å²) < 4.78 is 0. The first kappa shape index (κ1) is 11.7. The summed E-state index contributed by atoms with van der Waals surface area (Å²) in [6.45, 7) is 4.11. The molecule has 0 aromatic carbocycles. The quantitative estimate of drug-likeness (QED) is 0.793. The highest BCUT2D eigenvalue weighted by molar-refractivity contribution is 5.80. The predicted molar refractivity (Wildman–Crippen MR) is 59.1 cm³/mol. The van der Waals surface area contributed by atoms with E-state index < -0.39 is 6.04 Å². The van der Waals surface area contributed by atoms with Gasteiger partial charge in [0.25, 0.3) is 0 Å². The van der Waals surface area contributed by atoms with E-state index in [4.69, 9.17) is 5.73 Å². The fraction of sp³-hybridized carbons (Fsp3) is 0.455. The highest BCUT2D eigenvalue weighted by Crippen LogP contribution is 2.02. The molecule has 1 heterocycles.